The van der Waals surface area contributed by atoms with Crippen LogP contribution in [0, 0.1) is 0 Å². The van der Waals surface area contributed by atoms with Gasteiger partial charge in [-0.15, -0.1) is 0 Å². The van der Waals surface area contributed by atoms with Crippen molar-refractivity contribution in [3.8, 4) is 0 Å². The summed E-state index contributed by atoms with van der Waals surface area (Å²) >= 11 is 0. The largest absolute Gasteiger partial charge is 0.335 e. The van der Waals surface area contributed by atoms with Gasteiger partial charge in [0, 0.05) is 18.3 Å². The molecule has 2 amide bonds. The van der Waals surface area contributed by atoms with Gasteiger partial charge in [-0.3, -0.25) is 9.59 Å². The van der Waals surface area contributed by atoms with Gasteiger partial charge in [-0.1, -0.05) is 12.1 Å². The number of hydrogen-bond acceptors (Lipinski definition) is 3. The maximum atomic E-state index is 12.0. The molecule has 2 fully saturated rings. The zero-order chi connectivity index (χ0) is 13.6. The van der Waals surface area contributed by atoms with Crippen molar-refractivity contribution in [1.29, 1.82) is 0 Å². The third-order valence-corrected chi connectivity index (χ3v) is 3.91. The first-order valence-corrected chi connectivity index (χ1v) is 6.43. The summed E-state index contributed by atoms with van der Waals surface area (Å²) in [7, 11) is 1.65. The summed E-state index contributed by atoms with van der Waals surface area (Å²) in [4.78, 5) is 26.7. The number of hydrogen-bond donors (Lipinski definition) is 1. The van der Waals surface area contributed by atoms with E-state index in [9.17, 15) is 9.59 Å². The van der Waals surface area contributed by atoms with Gasteiger partial charge in [0.15, 0.2) is 0 Å². The molecule has 1 aromatic rings. The molecule has 0 radical (unpaired) electrons. The molecule has 19 heavy (non-hydrogen) atoms. The topological polar surface area (TPSA) is 66.6 Å². The molecular weight excluding hydrogens is 242 g/mol. The van der Waals surface area contributed by atoms with E-state index >= 15 is 0 Å². The first-order valence-electron chi connectivity index (χ1n) is 6.43. The molecule has 3 rings (SSSR count). The number of amides is 2. The van der Waals surface area contributed by atoms with Gasteiger partial charge in [0.25, 0.3) is 0 Å². The maximum absolute atomic E-state index is 12.0. The molecule has 0 spiro atoms. The summed E-state index contributed by atoms with van der Waals surface area (Å²) in [5.41, 5.74) is 7.76. The van der Waals surface area contributed by atoms with Crippen LogP contribution in [0.25, 0.3) is 0 Å². The quantitative estimate of drug-likeness (QED) is 0.838. The second-order valence-electron chi connectivity index (χ2n) is 5.44. The summed E-state index contributed by atoms with van der Waals surface area (Å²) < 4.78 is 0. The molecule has 2 aliphatic rings. The molecule has 0 atom stereocenters. The molecule has 0 unspecified atom stereocenters. The molecule has 1 aliphatic heterocycles. The van der Waals surface area contributed by atoms with E-state index in [-0.39, 0.29) is 30.4 Å². The minimum Gasteiger partial charge on any atom is -0.335 e. The summed E-state index contributed by atoms with van der Waals surface area (Å²) in [6, 6.07) is 7.67. The highest BCUT2D eigenvalue weighted by molar-refractivity contribution is 6.04. The van der Waals surface area contributed by atoms with Gasteiger partial charge < -0.3 is 15.5 Å². The molecule has 5 nitrogen and oxygen atoms in total. The number of nitrogens with zero attached hydrogens (tertiary/aromatic N) is 2. The molecule has 1 saturated heterocycles. The van der Waals surface area contributed by atoms with E-state index in [2.05, 4.69) is 0 Å². The smallest absolute Gasteiger partial charge is 0.247 e. The first kappa shape index (κ1) is 12.2. The van der Waals surface area contributed by atoms with E-state index < -0.39 is 0 Å². The molecule has 1 saturated carbocycles. The molecule has 5 heteroatoms. The van der Waals surface area contributed by atoms with Crippen molar-refractivity contribution in [2.45, 2.75) is 18.4 Å². The number of rotatable bonds is 2. The van der Waals surface area contributed by atoms with E-state index in [0.717, 1.165) is 24.1 Å². The Morgan fingerprint density at radius 1 is 1.16 bits per heavy atom. The minimum atomic E-state index is -0.227. The lowest BCUT2D eigenvalue weighted by atomic mass is 10.0. The lowest BCUT2D eigenvalue weighted by molar-refractivity contribution is -0.136. The summed E-state index contributed by atoms with van der Waals surface area (Å²) in [5, 5.41) is 0. The van der Waals surface area contributed by atoms with Crippen LogP contribution in [0.2, 0.25) is 0 Å². The number of likely N-dealkylation sites (N-methyl/N-ethyl adjacent to an activating group) is 1. The molecule has 1 aromatic carbocycles. The minimum absolute atomic E-state index is 0.0427. The summed E-state index contributed by atoms with van der Waals surface area (Å²) in [6.45, 7) is 0.243. The highest BCUT2D eigenvalue weighted by atomic mass is 16.2. The average Bonchev–Trinajstić information content (AvgIpc) is 3.13. The molecule has 1 heterocycles. The van der Waals surface area contributed by atoms with E-state index in [1.54, 1.807) is 7.05 Å². The number of anilines is 1. The predicted octanol–water partition coefficient (Wildman–Crippen LogP) is 0.439. The van der Waals surface area contributed by atoms with Crippen LogP contribution in [-0.2, 0) is 15.1 Å². The van der Waals surface area contributed by atoms with Crippen molar-refractivity contribution >= 4 is 17.5 Å². The van der Waals surface area contributed by atoms with E-state index in [1.165, 1.54) is 9.80 Å². The Balaban J connectivity index is 1.89. The van der Waals surface area contributed by atoms with Gasteiger partial charge in [0.05, 0.1) is 6.54 Å². The summed E-state index contributed by atoms with van der Waals surface area (Å²) in [5.74, 6) is -0.0972. The van der Waals surface area contributed by atoms with E-state index in [1.807, 2.05) is 24.3 Å². The van der Waals surface area contributed by atoms with E-state index in [0.29, 0.717) is 0 Å². The van der Waals surface area contributed by atoms with Crippen molar-refractivity contribution in [3.05, 3.63) is 29.8 Å². The molecule has 100 valence electrons. The van der Waals surface area contributed by atoms with Gasteiger partial charge >= 0.3 is 0 Å². The lowest BCUT2D eigenvalue weighted by Gasteiger charge is -2.32. The highest BCUT2D eigenvalue weighted by Gasteiger charge is 2.40. The standard InChI is InChI=1S/C14H17N3O2/c1-16-8-13(19)17(9-12(16)18)11-4-2-3-10(7-11)14(15)5-6-14/h2-4,7H,5-6,8-9,15H2,1H3. The highest BCUT2D eigenvalue weighted by Crippen LogP contribution is 2.43. The Morgan fingerprint density at radius 3 is 2.58 bits per heavy atom. The maximum Gasteiger partial charge on any atom is 0.247 e. The van der Waals surface area contributed by atoms with Crippen LogP contribution >= 0.6 is 0 Å². The van der Waals surface area contributed by atoms with Crippen LogP contribution in [0.5, 0.6) is 0 Å². The van der Waals surface area contributed by atoms with Crippen molar-refractivity contribution < 1.29 is 9.59 Å². The van der Waals surface area contributed by atoms with Crippen molar-refractivity contribution in [3.63, 3.8) is 0 Å². The number of benzene rings is 1. The fourth-order valence-corrected chi connectivity index (χ4v) is 2.36. The first-order chi connectivity index (χ1) is 8.99. The van der Waals surface area contributed by atoms with Crippen LogP contribution in [0.4, 0.5) is 5.69 Å². The number of carbonyl (C=O) groups excluding carboxylic acids is 2. The normalized spacial score (nSPS) is 21.8. The number of carbonyl (C=O) groups is 2. The van der Waals surface area contributed by atoms with Gasteiger partial charge in [-0.2, -0.15) is 0 Å². The van der Waals surface area contributed by atoms with Gasteiger partial charge in [-0.05, 0) is 30.5 Å². The number of piperazine rings is 1. The Hall–Kier alpha value is -1.88. The van der Waals surface area contributed by atoms with Crippen molar-refractivity contribution in [1.82, 2.24) is 4.90 Å². The van der Waals surface area contributed by atoms with Gasteiger partial charge in [-0.25, -0.2) is 0 Å². The molecule has 0 aromatic heterocycles. The average molecular weight is 259 g/mol. The SMILES string of the molecule is CN1CC(=O)N(c2cccc(C3(N)CC3)c2)CC1=O. The second kappa shape index (κ2) is 4.06. The van der Waals surface area contributed by atoms with Crippen LogP contribution in [0.1, 0.15) is 18.4 Å². The molecule has 2 N–H and O–H groups in total. The Kier molecular flexibility index (Phi) is 2.60. The monoisotopic (exact) mass is 259 g/mol. The Labute approximate surface area is 112 Å². The van der Waals surface area contributed by atoms with Crippen LogP contribution < -0.4 is 10.6 Å². The zero-order valence-corrected chi connectivity index (χ0v) is 10.9. The third-order valence-electron chi connectivity index (χ3n) is 3.91. The van der Waals surface area contributed by atoms with Crippen molar-refractivity contribution in [2.75, 3.05) is 25.0 Å². The fourth-order valence-electron chi connectivity index (χ4n) is 2.36. The number of nitrogens with two attached hydrogens (primary N) is 1. The Bertz CT molecular complexity index is 551. The molecule has 0 bridgehead atoms. The third kappa shape index (κ3) is 2.10. The van der Waals surface area contributed by atoms with Crippen LogP contribution in [0.3, 0.4) is 0 Å². The van der Waals surface area contributed by atoms with E-state index in [4.69, 9.17) is 5.73 Å². The summed E-state index contributed by atoms with van der Waals surface area (Å²) in [6.07, 6.45) is 1.96. The second-order valence-corrected chi connectivity index (χ2v) is 5.44. The Morgan fingerprint density at radius 2 is 1.89 bits per heavy atom. The van der Waals surface area contributed by atoms with Crippen LogP contribution in [-0.4, -0.2) is 36.9 Å². The fraction of sp³-hybridized carbons (Fsp3) is 0.429. The van der Waals surface area contributed by atoms with Gasteiger partial charge in [0.1, 0.15) is 6.54 Å². The lowest BCUT2D eigenvalue weighted by Crippen LogP contribution is -2.52. The zero-order valence-electron chi connectivity index (χ0n) is 10.9. The molecular formula is C14H17N3O2. The van der Waals surface area contributed by atoms with Gasteiger partial charge in [0.2, 0.25) is 11.8 Å². The van der Waals surface area contributed by atoms with Crippen LogP contribution in [0.15, 0.2) is 24.3 Å². The predicted molar refractivity (Wildman–Crippen MR) is 71.5 cm³/mol. The molecule has 1 aliphatic carbocycles. The van der Waals surface area contributed by atoms with Crippen molar-refractivity contribution in [2.24, 2.45) is 5.73 Å².